The van der Waals surface area contributed by atoms with Gasteiger partial charge in [0.15, 0.2) is 0 Å². The van der Waals surface area contributed by atoms with E-state index in [9.17, 15) is 0 Å². The Labute approximate surface area is 101 Å². The molecule has 0 radical (unpaired) electrons. The maximum absolute atomic E-state index is 5.37. The van der Waals surface area contributed by atoms with Gasteiger partial charge in [0.05, 0.1) is 6.61 Å². The molecule has 1 unspecified atom stereocenters. The van der Waals surface area contributed by atoms with E-state index in [1.807, 2.05) is 19.2 Å². The standard InChI is InChI=1S/C13H19N3O/c1-3-17-9-10(2)15-7-11-8-16-13-12(11)5-4-6-14-13/h4-6,8,10,15H,3,7,9H2,1-2H3,(H,14,16). The average molecular weight is 233 g/mol. The van der Waals surface area contributed by atoms with Gasteiger partial charge in [0, 0.05) is 37.0 Å². The zero-order chi connectivity index (χ0) is 12.1. The summed E-state index contributed by atoms with van der Waals surface area (Å²) >= 11 is 0. The van der Waals surface area contributed by atoms with E-state index in [-0.39, 0.29) is 0 Å². The van der Waals surface area contributed by atoms with Crippen LogP contribution in [0.25, 0.3) is 11.0 Å². The summed E-state index contributed by atoms with van der Waals surface area (Å²) in [5, 5.41) is 4.62. The van der Waals surface area contributed by atoms with Gasteiger partial charge < -0.3 is 15.0 Å². The second-order valence-electron chi connectivity index (χ2n) is 4.15. The first kappa shape index (κ1) is 12.1. The Kier molecular flexibility index (Phi) is 4.12. The van der Waals surface area contributed by atoms with Gasteiger partial charge in [-0.05, 0) is 31.5 Å². The van der Waals surface area contributed by atoms with E-state index in [1.54, 1.807) is 6.20 Å². The van der Waals surface area contributed by atoms with Crippen LogP contribution in [0.3, 0.4) is 0 Å². The summed E-state index contributed by atoms with van der Waals surface area (Å²) in [4.78, 5) is 7.44. The smallest absolute Gasteiger partial charge is 0.137 e. The van der Waals surface area contributed by atoms with Crippen molar-refractivity contribution >= 4 is 11.0 Å². The molecule has 2 rings (SSSR count). The van der Waals surface area contributed by atoms with Crippen molar-refractivity contribution in [3.8, 4) is 0 Å². The van der Waals surface area contributed by atoms with Crippen LogP contribution in [0.15, 0.2) is 24.5 Å². The van der Waals surface area contributed by atoms with E-state index in [2.05, 4.69) is 28.3 Å². The van der Waals surface area contributed by atoms with Crippen LogP contribution in [0.5, 0.6) is 0 Å². The molecule has 0 fully saturated rings. The molecule has 0 amide bonds. The van der Waals surface area contributed by atoms with Gasteiger partial charge >= 0.3 is 0 Å². The number of hydrogen-bond acceptors (Lipinski definition) is 3. The number of fused-ring (bicyclic) bond motifs is 1. The van der Waals surface area contributed by atoms with Gasteiger partial charge in [0.1, 0.15) is 5.65 Å². The highest BCUT2D eigenvalue weighted by Gasteiger charge is 2.05. The van der Waals surface area contributed by atoms with Crippen LogP contribution >= 0.6 is 0 Å². The van der Waals surface area contributed by atoms with E-state index in [1.165, 1.54) is 10.9 Å². The fourth-order valence-electron chi connectivity index (χ4n) is 1.80. The molecule has 0 aromatic carbocycles. The van der Waals surface area contributed by atoms with E-state index >= 15 is 0 Å². The van der Waals surface area contributed by atoms with Crippen molar-refractivity contribution in [2.75, 3.05) is 13.2 Å². The van der Waals surface area contributed by atoms with E-state index in [0.717, 1.165) is 25.4 Å². The lowest BCUT2D eigenvalue weighted by atomic mass is 10.2. The molecule has 0 aliphatic heterocycles. The van der Waals surface area contributed by atoms with Crippen LogP contribution in [0, 0.1) is 0 Å². The molecular formula is C13H19N3O. The third-order valence-electron chi connectivity index (χ3n) is 2.75. The Morgan fingerprint density at radius 3 is 3.24 bits per heavy atom. The van der Waals surface area contributed by atoms with Crippen molar-refractivity contribution in [3.05, 3.63) is 30.1 Å². The monoisotopic (exact) mass is 233 g/mol. The molecule has 0 bridgehead atoms. The summed E-state index contributed by atoms with van der Waals surface area (Å²) in [7, 11) is 0. The van der Waals surface area contributed by atoms with Crippen LogP contribution in [-0.4, -0.2) is 29.2 Å². The van der Waals surface area contributed by atoms with Crippen molar-refractivity contribution in [1.82, 2.24) is 15.3 Å². The molecule has 0 aliphatic rings. The number of nitrogens with zero attached hydrogens (tertiary/aromatic N) is 1. The van der Waals surface area contributed by atoms with E-state index < -0.39 is 0 Å². The van der Waals surface area contributed by atoms with Crippen LogP contribution in [0.2, 0.25) is 0 Å². The third kappa shape index (κ3) is 3.05. The lowest BCUT2D eigenvalue weighted by Gasteiger charge is -2.12. The first-order chi connectivity index (χ1) is 8.31. The highest BCUT2D eigenvalue weighted by molar-refractivity contribution is 5.79. The van der Waals surface area contributed by atoms with Gasteiger partial charge in [0.25, 0.3) is 0 Å². The summed E-state index contributed by atoms with van der Waals surface area (Å²) in [6, 6.07) is 4.41. The van der Waals surface area contributed by atoms with Gasteiger partial charge in [-0.1, -0.05) is 0 Å². The molecule has 4 nitrogen and oxygen atoms in total. The quantitative estimate of drug-likeness (QED) is 0.803. The topological polar surface area (TPSA) is 49.9 Å². The fourth-order valence-corrected chi connectivity index (χ4v) is 1.80. The van der Waals surface area contributed by atoms with Crippen LogP contribution < -0.4 is 5.32 Å². The Morgan fingerprint density at radius 2 is 2.41 bits per heavy atom. The van der Waals surface area contributed by atoms with Crippen LogP contribution in [0.1, 0.15) is 19.4 Å². The number of hydrogen-bond donors (Lipinski definition) is 2. The first-order valence-corrected chi connectivity index (χ1v) is 6.03. The van der Waals surface area contributed by atoms with Crippen LogP contribution in [-0.2, 0) is 11.3 Å². The lowest BCUT2D eigenvalue weighted by Crippen LogP contribution is -2.29. The molecule has 2 aromatic rings. The highest BCUT2D eigenvalue weighted by atomic mass is 16.5. The minimum atomic E-state index is 0.358. The largest absolute Gasteiger partial charge is 0.380 e. The second-order valence-corrected chi connectivity index (χ2v) is 4.15. The summed E-state index contributed by atoms with van der Waals surface area (Å²) < 4.78 is 5.37. The van der Waals surface area contributed by atoms with Gasteiger partial charge in [-0.3, -0.25) is 0 Å². The summed E-state index contributed by atoms with van der Waals surface area (Å²) in [6.07, 6.45) is 3.81. The Morgan fingerprint density at radius 1 is 1.53 bits per heavy atom. The van der Waals surface area contributed by atoms with Gasteiger partial charge in [-0.15, -0.1) is 0 Å². The number of pyridine rings is 1. The molecule has 0 aliphatic carbocycles. The summed E-state index contributed by atoms with van der Waals surface area (Å²) in [6.45, 7) is 6.49. The van der Waals surface area contributed by atoms with E-state index in [4.69, 9.17) is 4.74 Å². The van der Waals surface area contributed by atoms with Crippen molar-refractivity contribution in [1.29, 1.82) is 0 Å². The number of ether oxygens (including phenoxy) is 1. The summed E-state index contributed by atoms with van der Waals surface area (Å²) in [5.74, 6) is 0. The van der Waals surface area contributed by atoms with Gasteiger partial charge in [-0.2, -0.15) is 0 Å². The fraction of sp³-hybridized carbons (Fsp3) is 0.462. The molecule has 2 aromatic heterocycles. The molecule has 1 atom stereocenters. The van der Waals surface area contributed by atoms with Gasteiger partial charge in [0.2, 0.25) is 0 Å². The number of aromatic nitrogens is 2. The number of rotatable bonds is 6. The molecule has 0 spiro atoms. The average Bonchev–Trinajstić information content (AvgIpc) is 2.77. The zero-order valence-electron chi connectivity index (χ0n) is 10.4. The molecule has 2 heterocycles. The highest BCUT2D eigenvalue weighted by Crippen LogP contribution is 2.15. The number of H-pyrrole nitrogens is 1. The minimum Gasteiger partial charge on any atom is -0.380 e. The second kappa shape index (κ2) is 5.80. The Hall–Kier alpha value is -1.39. The maximum atomic E-state index is 5.37. The maximum Gasteiger partial charge on any atom is 0.137 e. The van der Waals surface area contributed by atoms with Crippen LogP contribution in [0.4, 0.5) is 0 Å². The zero-order valence-corrected chi connectivity index (χ0v) is 10.4. The third-order valence-corrected chi connectivity index (χ3v) is 2.75. The lowest BCUT2D eigenvalue weighted by molar-refractivity contribution is 0.127. The van der Waals surface area contributed by atoms with Crippen molar-refractivity contribution < 1.29 is 4.74 Å². The normalized spacial score (nSPS) is 13.1. The predicted octanol–water partition coefficient (Wildman–Crippen LogP) is 2.08. The van der Waals surface area contributed by atoms with Crippen molar-refractivity contribution in [3.63, 3.8) is 0 Å². The molecule has 17 heavy (non-hydrogen) atoms. The van der Waals surface area contributed by atoms with E-state index in [0.29, 0.717) is 6.04 Å². The number of aromatic amines is 1. The summed E-state index contributed by atoms with van der Waals surface area (Å²) in [5.41, 5.74) is 2.19. The molecular weight excluding hydrogens is 214 g/mol. The predicted molar refractivity (Wildman–Crippen MR) is 68.9 cm³/mol. The molecule has 4 heteroatoms. The molecule has 92 valence electrons. The SMILES string of the molecule is CCOCC(C)NCc1c[nH]c2ncccc12. The van der Waals surface area contributed by atoms with Crippen molar-refractivity contribution in [2.24, 2.45) is 0 Å². The molecule has 0 saturated heterocycles. The first-order valence-electron chi connectivity index (χ1n) is 6.03. The van der Waals surface area contributed by atoms with Gasteiger partial charge in [-0.25, -0.2) is 4.98 Å². The molecule has 2 N–H and O–H groups in total. The number of nitrogens with one attached hydrogen (secondary N) is 2. The Balaban J connectivity index is 1.95. The molecule has 0 saturated carbocycles. The van der Waals surface area contributed by atoms with Crippen molar-refractivity contribution in [2.45, 2.75) is 26.4 Å². The Bertz CT molecular complexity index is 466. The minimum absolute atomic E-state index is 0.358.